The summed E-state index contributed by atoms with van der Waals surface area (Å²) >= 11 is 1.37. The lowest BCUT2D eigenvalue weighted by Gasteiger charge is -2.19. The summed E-state index contributed by atoms with van der Waals surface area (Å²) < 4.78 is 41.4. The van der Waals surface area contributed by atoms with E-state index in [0.29, 0.717) is 36.4 Å². The second-order valence-corrected chi connectivity index (χ2v) is 9.89. The van der Waals surface area contributed by atoms with Crippen LogP contribution in [0, 0.1) is 17.0 Å². The highest BCUT2D eigenvalue weighted by Gasteiger charge is 2.25. The number of pyridine rings is 1. The number of likely N-dealkylation sites (N-methyl/N-ethyl adjacent to an activating group) is 1. The molecule has 1 unspecified atom stereocenters. The number of rotatable bonds is 11. The predicted octanol–water partition coefficient (Wildman–Crippen LogP) is 3.52. The van der Waals surface area contributed by atoms with Crippen LogP contribution in [0.3, 0.4) is 0 Å². The summed E-state index contributed by atoms with van der Waals surface area (Å²) in [5, 5.41) is 26.6. The maximum atomic E-state index is 15.5. The van der Waals surface area contributed by atoms with Gasteiger partial charge < -0.3 is 36.1 Å². The van der Waals surface area contributed by atoms with Crippen molar-refractivity contribution in [2.45, 2.75) is 17.4 Å². The standard InChI is InChI=1S/C26H26F2N6O5S/c1-34-8-7-32-24(34)15-11-14(40-9-6-17(29)26(36)37)3-5-19(15)38-22-16(27)12-33-25(21(22)28)39-20-10-13(23(30)31)2-4-18(20)35/h2-5,10-12,17,35H,6-9,29H2,1H3,(H3,30,31)(H,36,37). The molecule has 0 fully saturated rings. The minimum Gasteiger partial charge on any atom is -0.504 e. The number of thioether (sulfide) groups is 1. The van der Waals surface area contributed by atoms with Crippen molar-refractivity contribution in [2.24, 2.45) is 16.5 Å². The minimum absolute atomic E-state index is 0.107. The third kappa shape index (κ3) is 6.40. The van der Waals surface area contributed by atoms with E-state index in [0.717, 1.165) is 4.90 Å². The number of benzene rings is 2. The highest BCUT2D eigenvalue weighted by atomic mass is 32.2. The molecule has 14 heteroatoms. The van der Waals surface area contributed by atoms with E-state index in [1.165, 1.54) is 36.0 Å². The summed E-state index contributed by atoms with van der Waals surface area (Å²) in [5.41, 5.74) is 11.7. The zero-order valence-corrected chi connectivity index (χ0v) is 22.0. The number of nitrogens with zero attached hydrogens (tertiary/aromatic N) is 3. The van der Waals surface area contributed by atoms with Crippen molar-refractivity contribution in [1.29, 1.82) is 5.41 Å². The van der Waals surface area contributed by atoms with Gasteiger partial charge >= 0.3 is 5.97 Å². The molecule has 3 aromatic rings. The summed E-state index contributed by atoms with van der Waals surface area (Å²) in [6.07, 6.45) is 0.962. The van der Waals surface area contributed by atoms with Crippen LogP contribution >= 0.6 is 11.8 Å². The Hall–Kier alpha value is -4.43. The maximum absolute atomic E-state index is 15.5. The van der Waals surface area contributed by atoms with Crippen LogP contribution in [0.15, 0.2) is 52.5 Å². The molecule has 0 saturated heterocycles. The van der Waals surface area contributed by atoms with Crippen LogP contribution in [-0.2, 0) is 4.79 Å². The molecular weight excluding hydrogens is 546 g/mol. The second kappa shape index (κ2) is 12.2. The Balaban J connectivity index is 1.65. The van der Waals surface area contributed by atoms with Gasteiger partial charge in [-0.3, -0.25) is 15.2 Å². The molecule has 0 bridgehead atoms. The molecule has 1 atom stereocenters. The van der Waals surface area contributed by atoms with Crippen LogP contribution in [0.1, 0.15) is 17.5 Å². The van der Waals surface area contributed by atoms with Crippen molar-refractivity contribution in [3.05, 3.63) is 65.4 Å². The van der Waals surface area contributed by atoms with Gasteiger partial charge in [-0.2, -0.15) is 4.39 Å². The SMILES string of the molecule is CN1CCN=C1c1cc(SCCC(N)C(=O)O)ccc1Oc1c(F)cnc(Oc2cc(C(=N)N)ccc2O)c1F. The largest absolute Gasteiger partial charge is 0.504 e. The van der Waals surface area contributed by atoms with Gasteiger partial charge in [-0.05, 0) is 42.8 Å². The van der Waals surface area contributed by atoms with Crippen molar-refractivity contribution >= 4 is 29.4 Å². The first-order chi connectivity index (χ1) is 19.0. The van der Waals surface area contributed by atoms with Gasteiger partial charge in [-0.25, -0.2) is 9.37 Å². The molecule has 2 aromatic carbocycles. The fourth-order valence-corrected chi connectivity index (χ4v) is 4.66. The number of aromatic hydroxyl groups is 1. The van der Waals surface area contributed by atoms with Crippen molar-refractivity contribution < 1.29 is 33.3 Å². The Bertz CT molecular complexity index is 1490. The van der Waals surface area contributed by atoms with Crippen LogP contribution < -0.4 is 20.9 Å². The predicted molar refractivity (Wildman–Crippen MR) is 145 cm³/mol. The molecule has 1 aliphatic rings. The smallest absolute Gasteiger partial charge is 0.320 e. The fourth-order valence-electron chi connectivity index (χ4n) is 3.69. The second-order valence-electron chi connectivity index (χ2n) is 8.72. The third-order valence-corrected chi connectivity index (χ3v) is 6.88. The van der Waals surface area contributed by atoms with Crippen molar-refractivity contribution in [2.75, 3.05) is 25.9 Å². The number of aliphatic carboxylic acids is 1. The number of phenolic OH excluding ortho intramolecular Hbond substituents is 1. The summed E-state index contributed by atoms with van der Waals surface area (Å²) in [7, 11) is 1.82. The molecule has 1 aliphatic heterocycles. The molecule has 0 saturated carbocycles. The Morgan fingerprint density at radius 3 is 2.67 bits per heavy atom. The number of carboxylic acid groups (broad SMARTS) is 1. The van der Waals surface area contributed by atoms with Crippen molar-refractivity contribution in [3.8, 4) is 28.9 Å². The summed E-state index contributed by atoms with van der Waals surface area (Å²) in [6, 6.07) is 7.77. The lowest BCUT2D eigenvalue weighted by atomic mass is 10.1. The molecule has 210 valence electrons. The number of aliphatic imine (C=N–C) groups is 1. The van der Waals surface area contributed by atoms with Crippen LogP contribution in [0.4, 0.5) is 8.78 Å². The number of nitrogens with two attached hydrogens (primary N) is 2. The molecule has 0 spiro atoms. The van der Waals surface area contributed by atoms with E-state index in [9.17, 15) is 14.3 Å². The molecule has 4 rings (SSSR count). The van der Waals surface area contributed by atoms with E-state index >= 15 is 4.39 Å². The summed E-state index contributed by atoms with van der Waals surface area (Å²) in [5.74, 6) is -4.74. The molecular formula is C26H26F2N6O5S. The lowest BCUT2D eigenvalue weighted by molar-refractivity contribution is -0.138. The fraction of sp³-hybridized carbons (Fsp3) is 0.231. The molecule has 7 N–H and O–H groups in total. The summed E-state index contributed by atoms with van der Waals surface area (Å²) in [6.45, 7) is 1.16. The molecule has 11 nitrogen and oxygen atoms in total. The van der Waals surface area contributed by atoms with Gasteiger partial charge in [0, 0.05) is 29.8 Å². The quantitative estimate of drug-likeness (QED) is 0.130. The van der Waals surface area contributed by atoms with E-state index in [1.807, 2.05) is 11.9 Å². The first kappa shape index (κ1) is 28.6. The molecule has 0 radical (unpaired) electrons. The number of hydrogen-bond donors (Lipinski definition) is 5. The Morgan fingerprint density at radius 2 is 2.00 bits per heavy atom. The lowest BCUT2D eigenvalue weighted by Crippen LogP contribution is -2.30. The van der Waals surface area contributed by atoms with Crippen LogP contribution in [0.5, 0.6) is 28.9 Å². The van der Waals surface area contributed by atoms with Gasteiger partial charge in [-0.15, -0.1) is 11.8 Å². The number of amidine groups is 2. The first-order valence-corrected chi connectivity index (χ1v) is 12.9. The number of halogens is 2. The zero-order valence-electron chi connectivity index (χ0n) is 21.2. The topological polar surface area (TPSA) is 180 Å². The van der Waals surface area contributed by atoms with Gasteiger partial charge in [0.05, 0.1) is 18.3 Å². The third-order valence-electron chi connectivity index (χ3n) is 5.85. The van der Waals surface area contributed by atoms with Gasteiger partial charge in [0.2, 0.25) is 11.6 Å². The number of nitrogens with one attached hydrogen (secondary N) is 1. The van der Waals surface area contributed by atoms with E-state index < -0.39 is 35.3 Å². The minimum atomic E-state index is -1.26. The average Bonchev–Trinajstić information content (AvgIpc) is 3.35. The van der Waals surface area contributed by atoms with Crippen LogP contribution in [0.2, 0.25) is 0 Å². The van der Waals surface area contributed by atoms with Crippen molar-refractivity contribution in [1.82, 2.24) is 9.88 Å². The number of aromatic nitrogens is 1. The van der Waals surface area contributed by atoms with E-state index in [1.54, 1.807) is 12.1 Å². The Labute approximate surface area is 231 Å². The summed E-state index contributed by atoms with van der Waals surface area (Å²) in [4.78, 5) is 21.7. The first-order valence-electron chi connectivity index (χ1n) is 11.9. The van der Waals surface area contributed by atoms with Crippen LogP contribution in [0.25, 0.3) is 0 Å². The highest BCUT2D eigenvalue weighted by molar-refractivity contribution is 7.99. The van der Waals surface area contributed by atoms with Crippen molar-refractivity contribution in [3.63, 3.8) is 0 Å². The monoisotopic (exact) mass is 572 g/mol. The normalized spacial score (nSPS) is 13.6. The van der Waals surface area contributed by atoms with E-state index in [2.05, 4.69) is 9.98 Å². The Morgan fingerprint density at radius 1 is 1.23 bits per heavy atom. The number of nitrogen functional groups attached to an aromatic ring is 1. The highest BCUT2D eigenvalue weighted by Crippen LogP contribution is 2.38. The van der Waals surface area contributed by atoms with E-state index in [4.69, 9.17) is 31.5 Å². The number of phenols is 1. The molecule has 2 heterocycles. The van der Waals surface area contributed by atoms with Gasteiger partial charge in [0.15, 0.2) is 17.3 Å². The van der Waals surface area contributed by atoms with Gasteiger partial charge in [-0.1, -0.05) is 0 Å². The van der Waals surface area contributed by atoms with Crippen LogP contribution in [-0.4, -0.2) is 69.7 Å². The van der Waals surface area contributed by atoms with Gasteiger partial charge in [0.25, 0.3) is 5.88 Å². The Kier molecular flexibility index (Phi) is 8.70. The van der Waals surface area contributed by atoms with E-state index in [-0.39, 0.29) is 35.1 Å². The molecule has 1 aromatic heterocycles. The maximum Gasteiger partial charge on any atom is 0.320 e. The molecule has 0 amide bonds. The zero-order chi connectivity index (χ0) is 29.0. The number of carbonyl (C=O) groups is 1. The average molecular weight is 573 g/mol. The number of carboxylic acids is 1. The molecule has 0 aliphatic carbocycles. The molecule has 40 heavy (non-hydrogen) atoms. The number of hydrogen-bond acceptors (Lipinski definition) is 10. The van der Waals surface area contributed by atoms with Gasteiger partial charge in [0.1, 0.15) is 23.5 Å². The number of ether oxygens (including phenoxy) is 2.